The van der Waals surface area contributed by atoms with Crippen molar-refractivity contribution in [3.63, 3.8) is 0 Å². The highest BCUT2D eigenvalue weighted by atomic mass is 35.5. The monoisotopic (exact) mass is 494 g/mol. The zero-order valence-corrected chi connectivity index (χ0v) is 19.4. The van der Waals surface area contributed by atoms with Crippen LogP contribution in [-0.4, -0.2) is 16.9 Å². The highest BCUT2D eigenvalue weighted by Crippen LogP contribution is 2.30. The SMILES string of the molecule is O=C(CCc1ncc(-c2ccc(Cl)cc2Cl)o1)Nc1ccc(NC(=O)Nc2ccccc2)cc1. The van der Waals surface area contributed by atoms with E-state index in [1.807, 2.05) is 18.2 Å². The van der Waals surface area contributed by atoms with Crippen LogP contribution in [0.4, 0.5) is 21.9 Å². The quantitative estimate of drug-likeness (QED) is 0.261. The normalized spacial score (nSPS) is 10.5. The van der Waals surface area contributed by atoms with Crippen molar-refractivity contribution in [1.82, 2.24) is 4.98 Å². The molecule has 0 aliphatic rings. The smallest absolute Gasteiger partial charge is 0.323 e. The zero-order valence-electron chi connectivity index (χ0n) is 17.8. The van der Waals surface area contributed by atoms with Crippen molar-refractivity contribution < 1.29 is 14.0 Å². The molecule has 4 rings (SSSR count). The molecule has 1 heterocycles. The second-order valence-corrected chi connectivity index (χ2v) is 8.16. The van der Waals surface area contributed by atoms with Crippen molar-refractivity contribution in [2.45, 2.75) is 12.8 Å². The minimum absolute atomic E-state index is 0.188. The third-order valence-corrected chi connectivity index (χ3v) is 5.32. The number of amides is 3. The zero-order chi connectivity index (χ0) is 23.9. The van der Waals surface area contributed by atoms with Gasteiger partial charge in [0, 0.05) is 40.5 Å². The highest BCUT2D eigenvalue weighted by molar-refractivity contribution is 6.36. The average Bonchev–Trinajstić information content (AvgIpc) is 3.28. The number of para-hydroxylation sites is 1. The number of halogens is 2. The van der Waals surface area contributed by atoms with E-state index in [0.29, 0.717) is 50.7 Å². The van der Waals surface area contributed by atoms with Crippen LogP contribution in [0, 0.1) is 0 Å². The first kappa shape index (κ1) is 23.4. The van der Waals surface area contributed by atoms with Crippen LogP contribution in [-0.2, 0) is 11.2 Å². The van der Waals surface area contributed by atoms with E-state index in [1.54, 1.807) is 60.8 Å². The molecule has 172 valence electrons. The van der Waals surface area contributed by atoms with Gasteiger partial charge in [0.2, 0.25) is 5.91 Å². The van der Waals surface area contributed by atoms with Gasteiger partial charge in [0.05, 0.1) is 11.2 Å². The van der Waals surface area contributed by atoms with Gasteiger partial charge in [-0.3, -0.25) is 4.79 Å². The fourth-order valence-electron chi connectivity index (χ4n) is 3.14. The van der Waals surface area contributed by atoms with Gasteiger partial charge in [-0.1, -0.05) is 41.4 Å². The third kappa shape index (κ3) is 6.37. The lowest BCUT2D eigenvalue weighted by atomic mass is 10.2. The van der Waals surface area contributed by atoms with Gasteiger partial charge in [0.1, 0.15) is 0 Å². The Hall–Kier alpha value is -3.81. The van der Waals surface area contributed by atoms with Crippen molar-refractivity contribution in [3.05, 3.63) is 94.9 Å². The fraction of sp³-hybridized carbons (Fsp3) is 0.0800. The molecule has 0 saturated heterocycles. The largest absolute Gasteiger partial charge is 0.441 e. The van der Waals surface area contributed by atoms with Crippen LogP contribution in [0.1, 0.15) is 12.3 Å². The maximum absolute atomic E-state index is 12.3. The van der Waals surface area contributed by atoms with Crippen LogP contribution >= 0.6 is 23.2 Å². The topological polar surface area (TPSA) is 96.3 Å². The standard InChI is InChI=1S/C25H20Cl2N4O3/c26-16-6-11-20(21(27)14-16)22-15-28-24(34-22)13-12-23(32)29-18-7-9-19(10-8-18)31-25(33)30-17-4-2-1-3-5-17/h1-11,14-15H,12-13H2,(H,29,32)(H2,30,31,33). The number of carbonyl (C=O) groups is 2. The summed E-state index contributed by atoms with van der Waals surface area (Å²) in [6, 6.07) is 20.7. The summed E-state index contributed by atoms with van der Waals surface area (Å²) in [6.45, 7) is 0. The molecule has 7 nitrogen and oxygen atoms in total. The molecule has 0 aliphatic heterocycles. The number of urea groups is 1. The van der Waals surface area contributed by atoms with Gasteiger partial charge < -0.3 is 20.4 Å². The van der Waals surface area contributed by atoms with E-state index >= 15 is 0 Å². The van der Waals surface area contributed by atoms with Crippen molar-refractivity contribution in [2.75, 3.05) is 16.0 Å². The molecule has 3 amide bonds. The van der Waals surface area contributed by atoms with E-state index < -0.39 is 0 Å². The Morgan fingerprint density at radius 3 is 2.15 bits per heavy atom. The van der Waals surface area contributed by atoms with Gasteiger partial charge in [-0.2, -0.15) is 0 Å². The molecule has 0 unspecified atom stereocenters. The number of oxazole rings is 1. The Kier molecular flexibility index (Phi) is 7.47. The number of aryl methyl sites for hydroxylation is 1. The maximum atomic E-state index is 12.3. The number of hydrogen-bond donors (Lipinski definition) is 3. The lowest BCUT2D eigenvalue weighted by Gasteiger charge is -2.09. The van der Waals surface area contributed by atoms with Gasteiger partial charge in [0.25, 0.3) is 0 Å². The molecule has 0 radical (unpaired) electrons. The number of carbonyl (C=O) groups excluding carboxylic acids is 2. The number of nitrogens with one attached hydrogen (secondary N) is 3. The Balaban J connectivity index is 1.26. The summed E-state index contributed by atoms with van der Waals surface area (Å²) in [5.41, 5.74) is 2.58. The summed E-state index contributed by atoms with van der Waals surface area (Å²) in [7, 11) is 0. The van der Waals surface area contributed by atoms with E-state index in [0.717, 1.165) is 0 Å². The van der Waals surface area contributed by atoms with Crippen LogP contribution in [0.15, 0.2) is 83.4 Å². The Labute approximate surface area is 206 Å². The van der Waals surface area contributed by atoms with E-state index in [2.05, 4.69) is 20.9 Å². The summed E-state index contributed by atoms with van der Waals surface area (Å²) < 4.78 is 5.72. The lowest BCUT2D eigenvalue weighted by molar-refractivity contribution is -0.116. The number of benzene rings is 3. The van der Waals surface area contributed by atoms with Crippen molar-refractivity contribution in [2.24, 2.45) is 0 Å². The molecule has 0 atom stereocenters. The first-order valence-electron chi connectivity index (χ1n) is 10.4. The molecule has 0 saturated carbocycles. The highest BCUT2D eigenvalue weighted by Gasteiger charge is 2.12. The Morgan fingerprint density at radius 1 is 0.824 bits per heavy atom. The summed E-state index contributed by atoms with van der Waals surface area (Å²) in [5, 5.41) is 9.29. The second-order valence-electron chi connectivity index (χ2n) is 7.31. The number of anilines is 3. The van der Waals surface area contributed by atoms with E-state index in [4.69, 9.17) is 27.6 Å². The fourth-order valence-corrected chi connectivity index (χ4v) is 3.64. The van der Waals surface area contributed by atoms with Gasteiger partial charge in [-0.25, -0.2) is 9.78 Å². The minimum atomic E-state index is -0.354. The lowest BCUT2D eigenvalue weighted by Crippen LogP contribution is -2.19. The predicted octanol–water partition coefficient (Wildman–Crippen LogP) is 6.86. The first-order chi connectivity index (χ1) is 16.5. The minimum Gasteiger partial charge on any atom is -0.441 e. The van der Waals surface area contributed by atoms with Crippen molar-refractivity contribution in [3.8, 4) is 11.3 Å². The van der Waals surface area contributed by atoms with Gasteiger partial charge in [0.15, 0.2) is 11.7 Å². The van der Waals surface area contributed by atoms with Crippen LogP contribution in [0.5, 0.6) is 0 Å². The number of nitrogens with zero attached hydrogens (tertiary/aromatic N) is 1. The summed E-state index contributed by atoms with van der Waals surface area (Å²) in [5.74, 6) is 0.753. The molecule has 0 fully saturated rings. The molecule has 0 aliphatic carbocycles. The average molecular weight is 495 g/mol. The molecule has 0 spiro atoms. The molecule has 4 aromatic rings. The third-order valence-electron chi connectivity index (χ3n) is 4.77. The number of hydrogen-bond acceptors (Lipinski definition) is 4. The van der Waals surface area contributed by atoms with Crippen LogP contribution in [0.3, 0.4) is 0 Å². The van der Waals surface area contributed by atoms with Crippen LogP contribution < -0.4 is 16.0 Å². The molecule has 9 heteroatoms. The molecule has 0 bridgehead atoms. The van der Waals surface area contributed by atoms with Crippen molar-refractivity contribution in [1.29, 1.82) is 0 Å². The Morgan fingerprint density at radius 2 is 1.47 bits per heavy atom. The molecule has 34 heavy (non-hydrogen) atoms. The van der Waals surface area contributed by atoms with Gasteiger partial charge in [-0.05, 0) is 54.6 Å². The molecular weight excluding hydrogens is 475 g/mol. The number of aromatic nitrogens is 1. The van der Waals surface area contributed by atoms with E-state index in [9.17, 15) is 9.59 Å². The summed E-state index contributed by atoms with van der Waals surface area (Å²) >= 11 is 12.1. The molecule has 1 aromatic heterocycles. The van der Waals surface area contributed by atoms with E-state index in [-0.39, 0.29) is 18.4 Å². The molecule has 3 aromatic carbocycles. The van der Waals surface area contributed by atoms with Crippen LogP contribution in [0.25, 0.3) is 11.3 Å². The number of rotatable bonds is 7. The summed E-state index contributed by atoms with van der Waals surface area (Å²) in [6.07, 6.45) is 2.09. The maximum Gasteiger partial charge on any atom is 0.323 e. The predicted molar refractivity (Wildman–Crippen MR) is 134 cm³/mol. The van der Waals surface area contributed by atoms with Crippen molar-refractivity contribution >= 4 is 52.2 Å². The van der Waals surface area contributed by atoms with Gasteiger partial charge in [-0.15, -0.1) is 0 Å². The second kappa shape index (κ2) is 10.9. The molecular formula is C25H20Cl2N4O3. The van der Waals surface area contributed by atoms with E-state index in [1.165, 1.54) is 0 Å². The van der Waals surface area contributed by atoms with Crippen LogP contribution in [0.2, 0.25) is 10.0 Å². The van der Waals surface area contributed by atoms with Gasteiger partial charge >= 0.3 is 6.03 Å². The first-order valence-corrected chi connectivity index (χ1v) is 11.1. The Bertz CT molecular complexity index is 1290. The molecule has 3 N–H and O–H groups in total. The summed E-state index contributed by atoms with van der Waals surface area (Å²) in [4.78, 5) is 28.6.